The highest BCUT2D eigenvalue weighted by atomic mass is 16.5. The Bertz CT molecular complexity index is 502. The third-order valence-electron chi connectivity index (χ3n) is 3.26. The number of amides is 1. The summed E-state index contributed by atoms with van der Waals surface area (Å²) in [4.78, 5) is 22.7. The van der Waals surface area contributed by atoms with Gasteiger partial charge in [-0.1, -0.05) is 18.2 Å². The Balaban J connectivity index is 1.91. The third-order valence-corrected chi connectivity index (χ3v) is 3.26. The van der Waals surface area contributed by atoms with Gasteiger partial charge in [-0.05, 0) is 6.07 Å². The molecule has 108 valence electrons. The van der Waals surface area contributed by atoms with Crippen molar-refractivity contribution in [2.24, 2.45) is 0 Å². The van der Waals surface area contributed by atoms with Gasteiger partial charge in [0.05, 0.1) is 12.5 Å². The summed E-state index contributed by atoms with van der Waals surface area (Å²) in [6.45, 7) is 0.474. The SMILES string of the molecule is COC(CNC(=O)C1COc2ccccc21)CC(=O)O. The van der Waals surface area contributed by atoms with Crippen LogP contribution in [-0.4, -0.2) is 43.3 Å². The van der Waals surface area contributed by atoms with Gasteiger partial charge in [-0.2, -0.15) is 0 Å². The van der Waals surface area contributed by atoms with Crippen LogP contribution in [0.5, 0.6) is 5.75 Å². The maximum atomic E-state index is 12.1. The van der Waals surface area contributed by atoms with E-state index in [0.29, 0.717) is 6.61 Å². The molecule has 2 atom stereocenters. The van der Waals surface area contributed by atoms with Crippen LogP contribution in [0, 0.1) is 0 Å². The second-order valence-corrected chi connectivity index (χ2v) is 4.60. The number of hydrogen-bond donors (Lipinski definition) is 2. The lowest BCUT2D eigenvalue weighted by Gasteiger charge is -2.16. The molecule has 0 fully saturated rings. The molecule has 1 aliphatic rings. The molecule has 20 heavy (non-hydrogen) atoms. The minimum absolute atomic E-state index is 0.144. The number of aliphatic carboxylic acids is 1. The van der Waals surface area contributed by atoms with Crippen LogP contribution >= 0.6 is 0 Å². The zero-order valence-corrected chi connectivity index (χ0v) is 11.2. The molecule has 0 saturated carbocycles. The van der Waals surface area contributed by atoms with Gasteiger partial charge in [-0.15, -0.1) is 0 Å². The van der Waals surface area contributed by atoms with Crippen molar-refractivity contribution in [3.63, 3.8) is 0 Å². The number of hydrogen-bond acceptors (Lipinski definition) is 4. The third kappa shape index (κ3) is 3.27. The normalized spacial score (nSPS) is 17.9. The van der Waals surface area contributed by atoms with Gasteiger partial charge < -0.3 is 19.9 Å². The van der Waals surface area contributed by atoms with Gasteiger partial charge in [0.1, 0.15) is 18.3 Å². The number of fused-ring (bicyclic) bond motifs is 1. The smallest absolute Gasteiger partial charge is 0.306 e. The molecule has 0 saturated heterocycles. The number of carbonyl (C=O) groups is 2. The van der Waals surface area contributed by atoms with Gasteiger partial charge in [0.15, 0.2) is 0 Å². The molecule has 6 heteroatoms. The largest absolute Gasteiger partial charge is 0.492 e. The molecule has 2 rings (SSSR count). The molecule has 1 aliphatic heterocycles. The van der Waals surface area contributed by atoms with Crippen LogP contribution in [0.15, 0.2) is 24.3 Å². The maximum Gasteiger partial charge on any atom is 0.306 e. The van der Waals surface area contributed by atoms with Gasteiger partial charge in [-0.25, -0.2) is 0 Å². The van der Waals surface area contributed by atoms with Crippen molar-refractivity contribution in [1.82, 2.24) is 5.32 Å². The summed E-state index contributed by atoms with van der Waals surface area (Å²) < 4.78 is 10.5. The molecule has 1 amide bonds. The van der Waals surface area contributed by atoms with Crippen LogP contribution in [0.2, 0.25) is 0 Å². The molecule has 6 nitrogen and oxygen atoms in total. The number of benzene rings is 1. The van der Waals surface area contributed by atoms with Gasteiger partial charge in [0.25, 0.3) is 0 Å². The zero-order chi connectivity index (χ0) is 14.5. The van der Waals surface area contributed by atoms with E-state index in [9.17, 15) is 9.59 Å². The lowest BCUT2D eigenvalue weighted by molar-refractivity contribution is -0.140. The fourth-order valence-electron chi connectivity index (χ4n) is 2.15. The Kier molecular flexibility index (Phi) is 4.57. The van der Waals surface area contributed by atoms with E-state index >= 15 is 0 Å². The van der Waals surface area contributed by atoms with E-state index in [1.165, 1.54) is 7.11 Å². The van der Waals surface area contributed by atoms with Crippen LogP contribution in [0.3, 0.4) is 0 Å². The van der Waals surface area contributed by atoms with E-state index in [2.05, 4.69) is 5.32 Å². The molecular formula is C14H17NO5. The summed E-state index contributed by atoms with van der Waals surface area (Å²) in [5.41, 5.74) is 0.859. The van der Waals surface area contributed by atoms with Crippen molar-refractivity contribution in [3.8, 4) is 5.75 Å². The predicted molar refractivity (Wildman–Crippen MR) is 70.7 cm³/mol. The summed E-state index contributed by atoms with van der Waals surface area (Å²) in [5, 5.41) is 11.4. The topological polar surface area (TPSA) is 84.9 Å². The van der Waals surface area contributed by atoms with Crippen LogP contribution in [0.25, 0.3) is 0 Å². The molecule has 0 spiro atoms. The molecule has 0 bridgehead atoms. The quantitative estimate of drug-likeness (QED) is 0.803. The van der Waals surface area contributed by atoms with E-state index in [4.69, 9.17) is 14.6 Å². The van der Waals surface area contributed by atoms with Crippen molar-refractivity contribution in [3.05, 3.63) is 29.8 Å². The molecule has 1 heterocycles. The molecule has 1 aromatic rings. The highest BCUT2D eigenvalue weighted by molar-refractivity contribution is 5.85. The number of para-hydroxylation sites is 1. The number of carbonyl (C=O) groups excluding carboxylic acids is 1. The van der Waals surface area contributed by atoms with Crippen molar-refractivity contribution in [2.45, 2.75) is 18.4 Å². The van der Waals surface area contributed by atoms with Crippen molar-refractivity contribution >= 4 is 11.9 Å². The highest BCUT2D eigenvalue weighted by Crippen LogP contribution is 2.33. The average molecular weight is 279 g/mol. The predicted octanol–water partition coefficient (Wildman–Crippen LogP) is 0.768. The molecule has 1 aromatic carbocycles. The first-order valence-electron chi connectivity index (χ1n) is 6.36. The van der Waals surface area contributed by atoms with E-state index in [1.54, 1.807) is 0 Å². The Labute approximate surface area is 116 Å². The van der Waals surface area contributed by atoms with E-state index in [-0.39, 0.29) is 24.8 Å². The Morgan fingerprint density at radius 3 is 2.95 bits per heavy atom. The molecule has 0 radical (unpaired) electrons. The average Bonchev–Trinajstić information content (AvgIpc) is 2.86. The van der Waals surface area contributed by atoms with Crippen molar-refractivity contribution in [2.75, 3.05) is 20.3 Å². The van der Waals surface area contributed by atoms with Gasteiger partial charge >= 0.3 is 5.97 Å². The summed E-state index contributed by atoms with van der Waals surface area (Å²) in [7, 11) is 1.42. The molecular weight excluding hydrogens is 262 g/mol. The molecule has 2 N–H and O–H groups in total. The van der Waals surface area contributed by atoms with Crippen LogP contribution in [0.1, 0.15) is 17.9 Å². The lowest BCUT2D eigenvalue weighted by Crippen LogP contribution is -2.37. The Hall–Kier alpha value is -2.08. The number of rotatable bonds is 6. The summed E-state index contributed by atoms with van der Waals surface area (Å²) in [6.07, 6.45) is -0.678. The van der Waals surface area contributed by atoms with Crippen LogP contribution in [-0.2, 0) is 14.3 Å². The lowest BCUT2D eigenvalue weighted by atomic mass is 10.0. The van der Waals surface area contributed by atoms with E-state index in [0.717, 1.165) is 11.3 Å². The van der Waals surface area contributed by atoms with Gasteiger partial charge in [-0.3, -0.25) is 9.59 Å². The number of carboxylic acid groups (broad SMARTS) is 1. The molecule has 0 aliphatic carbocycles. The number of methoxy groups -OCH3 is 1. The van der Waals surface area contributed by atoms with E-state index in [1.807, 2.05) is 24.3 Å². The summed E-state index contributed by atoms with van der Waals surface area (Å²) in [5.74, 6) is -0.766. The zero-order valence-electron chi connectivity index (χ0n) is 11.2. The van der Waals surface area contributed by atoms with Crippen molar-refractivity contribution in [1.29, 1.82) is 0 Å². The van der Waals surface area contributed by atoms with Gasteiger partial charge in [0.2, 0.25) is 5.91 Å². The van der Waals surface area contributed by atoms with E-state index < -0.39 is 12.1 Å². The first-order chi connectivity index (χ1) is 9.61. The Morgan fingerprint density at radius 1 is 1.50 bits per heavy atom. The molecule has 0 aromatic heterocycles. The minimum Gasteiger partial charge on any atom is -0.492 e. The first-order valence-corrected chi connectivity index (χ1v) is 6.36. The highest BCUT2D eigenvalue weighted by Gasteiger charge is 2.30. The second-order valence-electron chi connectivity index (χ2n) is 4.60. The Morgan fingerprint density at radius 2 is 2.25 bits per heavy atom. The molecule has 2 unspecified atom stereocenters. The van der Waals surface area contributed by atoms with Crippen LogP contribution in [0.4, 0.5) is 0 Å². The number of carboxylic acids is 1. The summed E-state index contributed by atoms with van der Waals surface area (Å²) >= 11 is 0. The minimum atomic E-state index is -0.958. The number of ether oxygens (including phenoxy) is 2. The van der Waals surface area contributed by atoms with Crippen molar-refractivity contribution < 1.29 is 24.2 Å². The standard InChI is InChI=1S/C14H17NO5/c1-19-9(6-13(16)17)7-15-14(18)11-8-20-12-5-3-2-4-10(11)12/h2-5,9,11H,6-8H2,1H3,(H,15,18)(H,16,17). The first kappa shape index (κ1) is 14.3. The number of nitrogens with one attached hydrogen (secondary N) is 1. The van der Waals surface area contributed by atoms with Gasteiger partial charge in [0, 0.05) is 19.2 Å². The fourth-order valence-corrected chi connectivity index (χ4v) is 2.15. The van der Waals surface area contributed by atoms with Crippen LogP contribution < -0.4 is 10.1 Å². The second kappa shape index (κ2) is 6.38. The fraction of sp³-hybridized carbons (Fsp3) is 0.429. The maximum absolute atomic E-state index is 12.1. The monoisotopic (exact) mass is 279 g/mol. The summed E-state index contributed by atoms with van der Waals surface area (Å²) in [6, 6.07) is 7.39.